The molecular weight excluding hydrogens is 250 g/mol. The van der Waals surface area contributed by atoms with Crippen LogP contribution in [0, 0.1) is 0 Å². The SMILES string of the molecule is O=C(O)c1ccc(N(C2CCCC2)C2CCCC2)cc1. The second kappa shape index (κ2) is 5.86. The molecule has 0 atom stereocenters. The number of nitrogens with zero attached hydrogens (tertiary/aromatic N) is 1. The van der Waals surface area contributed by atoms with Gasteiger partial charge in [-0.2, -0.15) is 0 Å². The topological polar surface area (TPSA) is 40.5 Å². The molecule has 0 aromatic heterocycles. The van der Waals surface area contributed by atoms with Gasteiger partial charge in [-0.05, 0) is 49.9 Å². The van der Waals surface area contributed by atoms with Gasteiger partial charge < -0.3 is 10.0 Å². The number of hydrogen-bond acceptors (Lipinski definition) is 2. The van der Waals surface area contributed by atoms with E-state index in [2.05, 4.69) is 4.90 Å². The van der Waals surface area contributed by atoms with E-state index in [0.29, 0.717) is 17.6 Å². The molecule has 3 rings (SSSR count). The standard InChI is InChI=1S/C17H23NO2/c19-17(20)13-9-11-16(12-10-13)18(14-5-1-2-6-14)15-7-3-4-8-15/h9-12,14-15H,1-8H2,(H,19,20). The van der Waals surface area contributed by atoms with Gasteiger partial charge in [0.15, 0.2) is 0 Å². The summed E-state index contributed by atoms with van der Waals surface area (Å²) in [6, 6.07) is 8.81. The summed E-state index contributed by atoms with van der Waals surface area (Å²) in [7, 11) is 0. The van der Waals surface area contributed by atoms with E-state index >= 15 is 0 Å². The predicted octanol–water partition coefficient (Wildman–Crippen LogP) is 4.08. The molecule has 3 nitrogen and oxygen atoms in total. The third kappa shape index (κ3) is 2.67. The lowest BCUT2D eigenvalue weighted by molar-refractivity contribution is 0.0697. The molecule has 2 aliphatic carbocycles. The van der Waals surface area contributed by atoms with Crippen LogP contribution in [0.15, 0.2) is 24.3 Å². The van der Waals surface area contributed by atoms with Crippen LogP contribution in [-0.2, 0) is 0 Å². The molecule has 0 heterocycles. The van der Waals surface area contributed by atoms with Gasteiger partial charge in [-0.1, -0.05) is 25.7 Å². The van der Waals surface area contributed by atoms with Gasteiger partial charge in [-0.25, -0.2) is 4.79 Å². The van der Waals surface area contributed by atoms with Crippen molar-refractivity contribution >= 4 is 11.7 Å². The zero-order chi connectivity index (χ0) is 13.9. The fourth-order valence-electron chi connectivity index (χ4n) is 3.86. The van der Waals surface area contributed by atoms with E-state index in [1.165, 1.54) is 57.1 Å². The van der Waals surface area contributed by atoms with Gasteiger partial charge in [0, 0.05) is 17.8 Å². The maximum absolute atomic E-state index is 11.0. The molecule has 20 heavy (non-hydrogen) atoms. The molecule has 2 saturated carbocycles. The zero-order valence-electron chi connectivity index (χ0n) is 11.9. The van der Waals surface area contributed by atoms with Crippen molar-refractivity contribution in [3.05, 3.63) is 29.8 Å². The number of aromatic carboxylic acids is 1. The summed E-state index contributed by atoms with van der Waals surface area (Å²) in [5.74, 6) is -0.843. The first-order valence-corrected chi connectivity index (χ1v) is 7.87. The monoisotopic (exact) mass is 273 g/mol. The van der Waals surface area contributed by atoms with Crippen molar-refractivity contribution in [2.75, 3.05) is 4.90 Å². The minimum atomic E-state index is -0.843. The van der Waals surface area contributed by atoms with Gasteiger partial charge in [-0.3, -0.25) is 0 Å². The number of rotatable bonds is 4. The van der Waals surface area contributed by atoms with E-state index in [9.17, 15) is 4.79 Å². The molecule has 3 heteroatoms. The number of hydrogen-bond donors (Lipinski definition) is 1. The average Bonchev–Trinajstić information content (AvgIpc) is 3.13. The van der Waals surface area contributed by atoms with Crippen molar-refractivity contribution < 1.29 is 9.90 Å². The second-order valence-electron chi connectivity index (χ2n) is 6.14. The van der Waals surface area contributed by atoms with Crippen LogP contribution >= 0.6 is 0 Å². The Morgan fingerprint density at radius 1 is 0.900 bits per heavy atom. The van der Waals surface area contributed by atoms with Gasteiger partial charge in [0.05, 0.1) is 5.56 Å². The molecule has 0 amide bonds. The Hall–Kier alpha value is -1.51. The van der Waals surface area contributed by atoms with Crippen LogP contribution < -0.4 is 4.90 Å². The van der Waals surface area contributed by atoms with Crippen LogP contribution in [-0.4, -0.2) is 23.2 Å². The minimum absolute atomic E-state index is 0.381. The molecule has 2 aliphatic rings. The first-order valence-electron chi connectivity index (χ1n) is 7.87. The fraction of sp³-hybridized carbons (Fsp3) is 0.588. The maximum Gasteiger partial charge on any atom is 0.335 e. The first-order chi connectivity index (χ1) is 9.75. The molecular formula is C17H23NO2. The highest BCUT2D eigenvalue weighted by Crippen LogP contribution is 2.35. The Bertz CT molecular complexity index is 440. The summed E-state index contributed by atoms with van der Waals surface area (Å²) < 4.78 is 0. The number of carboxylic acids is 1. The molecule has 0 spiro atoms. The molecule has 2 fully saturated rings. The fourth-order valence-corrected chi connectivity index (χ4v) is 3.86. The van der Waals surface area contributed by atoms with E-state index in [1.807, 2.05) is 12.1 Å². The lowest BCUT2D eigenvalue weighted by Gasteiger charge is -2.37. The zero-order valence-corrected chi connectivity index (χ0v) is 11.9. The van der Waals surface area contributed by atoms with E-state index in [1.54, 1.807) is 12.1 Å². The van der Waals surface area contributed by atoms with Crippen molar-refractivity contribution in [1.29, 1.82) is 0 Å². The average molecular weight is 273 g/mol. The Labute approximate surface area is 120 Å². The van der Waals surface area contributed by atoms with Gasteiger partial charge in [-0.15, -0.1) is 0 Å². The molecule has 1 aromatic carbocycles. The summed E-state index contributed by atoms with van der Waals surface area (Å²) in [4.78, 5) is 13.6. The summed E-state index contributed by atoms with van der Waals surface area (Å²) >= 11 is 0. The van der Waals surface area contributed by atoms with Gasteiger partial charge in [0.1, 0.15) is 0 Å². The summed E-state index contributed by atoms with van der Waals surface area (Å²) in [5.41, 5.74) is 1.60. The molecule has 1 aromatic rings. The van der Waals surface area contributed by atoms with Crippen LogP contribution in [0.25, 0.3) is 0 Å². The lowest BCUT2D eigenvalue weighted by atomic mass is 10.1. The van der Waals surface area contributed by atoms with E-state index in [0.717, 1.165) is 0 Å². The van der Waals surface area contributed by atoms with Crippen LogP contribution in [0.5, 0.6) is 0 Å². The van der Waals surface area contributed by atoms with Gasteiger partial charge in [0.25, 0.3) is 0 Å². The second-order valence-corrected chi connectivity index (χ2v) is 6.14. The minimum Gasteiger partial charge on any atom is -0.478 e. The van der Waals surface area contributed by atoms with Crippen LogP contribution in [0.2, 0.25) is 0 Å². The highest BCUT2D eigenvalue weighted by Gasteiger charge is 2.30. The highest BCUT2D eigenvalue weighted by molar-refractivity contribution is 5.88. The largest absolute Gasteiger partial charge is 0.478 e. The van der Waals surface area contributed by atoms with Crippen molar-refractivity contribution in [3.8, 4) is 0 Å². The summed E-state index contributed by atoms with van der Waals surface area (Å²) in [6.45, 7) is 0. The smallest absolute Gasteiger partial charge is 0.335 e. The molecule has 0 aliphatic heterocycles. The highest BCUT2D eigenvalue weighted by atomic mass is 16.4. The van der Waals surface area contributed by atoms with Crippen LogP contribution in [0.1, 0.15) is 61.7 Å². The normalized spacial score (nSPS) is 20.4. The van der Waals surface area contributed by atoms with Crippen LogP contribution in [0.4, 0.5) is 5.69 Å². The van der Waals surface area contributed by atoms with Gasteiger partial charge in [0.2, 0.25) is 0 Å². The molecule has 0 radical (unpaired) electrons. The number of anilines is 1. The quantitative estimate of drug-likeness (QED) is 0.898. The van der Waals surface area contributed by atoms with E-state index in [-0.39, 0.29) is 0 Å². The summed E-state index contributed by atoms with van der Waals surface area (Å²) in [6.07, 6.45) is 10.5. The van der Waals surface area contributed by atoms with Gasteiger partial charge >= 0.3 is 5.97 Å². The first kappa shape index (κ1) is 13.5. The van der Waals surface area contributed by atoms with E-state index in [4.69, 9.17) is 5.11 Å². The molecule has 0 unspecified atom stereocenters. The Morgan fingerprint density at radius 3 is 1.75 bits per heavy atom. The Balaban J connectivity index is 1.85. The predicted molar refractivity (Wildman–Crippen MR) is 80.4 cm³/mol. The Kier molecular flexibility index (Phi) is 3.95. The molecule has 0 saturated heterocycles. The molecule has 0 bridgehead atoms. The third-order valence-electron chi connectivity index (χ3n) is 4.85. The maximum atomic E-state index is 11.0. The van der Waals surface area contributed by atoms with Crippen molar-refractivity contribution in [3.63, 3.8) is 0 Å². The molecule has 108 valence electrons. The van der Waals surface area contributed by atoms with E-state index < -0.39 is 5.97 Å². The number of carboxylic acid groups (broad SMARTS) is 1. The van der Waals surface area contributed by atoms with Crippen LogP contribution in [0.3, 0.4) is 0 Å². The molecule has 1 N–H and O–H groups in total. The van der Waals surface area contributed by atoms with Crippen molar-refractivity contribution in [1.82, 2.24) is 0 Å². The van der Waals surface area contributed by atoms with Crippen molar-refractivity contribution in [2.24, 2.45) is 0 Å². The third-order valence-corrected chi connectivity index (χ3v) is 4.85. The summed E-state index contributed by atoms with van der Waals surface area (Å²) in [5, 5.41) is 9.02. The number of carbonyl (C=O) groups is 1. The van der Waals surface area contributed by atoms with Crippen molar-refractivity contribution in [2.45, 2.75) is 63.5 Å². The number of benzene rings is 1. The lowest BCUT2D eigenvalue weighted by Crippen LogP contribution is -2.40. The Morgan fingerprint density at radius 2 is 1.35 bits per heavy atom.